The lowest BCUT2D eigenvalue weighted by atomic mass is 10.0. The number of halogens is 1. The Morgan fingerprint density at radius 3 is 1.83 bits per heavy atom. The quantitative estimate of drug-likeness (QED) is 0.0931. The first kappa shape index (κ1) is 31.9. The molecule has 0 bridgehead atoms. The third-order valence-electron chi connectivity index (χ3n) is 7.13. The third-order valence-corrected chi connectivity index (χ3v) is 7.13. The number of benzene rings is 3. The second-order valence-corrected chi connectivity index (χ2v) is 10.3. The maximum absolute atomic E-state index is 14.5. The van der Waals surface area contributed by atoms with E-state index >= 15 is 0 Å². The van der Waals surface area contributed by atoms with Crippen LogP contribution in [0.2, 0.25) is 0 Å². The summed E-state index contributed by atoms with van der Waals surface area (Å²) in [4.78, 5) is 24.9. The van der Waals surface area contributed by atoms with Crippen molar-refractivity contribution in [2.45, 2.75) is 91.1 Å². The SMILES string of the molecule is CCCCCCCCCCOc1ccc(-c2ccc(C(=O)Oc3ccc(C(=O)OC(CC)CC)c(F)c3)cc2)cc1. The van der Waals surface area contributed by atoms with Gasteiger partial charge < -0.3 is 14.2 Å². The average Bonchev–Trinajstić information content (AvgIpc) is 2.99. The lowest BCUT2D eigenvalue weighted by molar-refractivity contribution is 0.0279. The van der Waals surface area contributed by atoms with Crippen molar-refractivity contribution >= 4 is 11.9 Å². The summed E-state index contributed by atoms with van der Waals surface area (Å²) in [6.07, 6.45) is 11.2. The van der Waals surface area contributed by atoms with Crippen molar-refractivity contribution < 1.29 is 28.2 Å². The largest absolute Gasteiger partial charge is 0.494 e. The van der Waals surface area contributed by atoms with Gasteiger partial charge in [0.15, 0.2) is 0 Å². The van der Waals surface area contributed by atoms with Crippen molar-refractivity contribution in [3.05, 3.63) is 83.7 Å². The van der Waals surface area contributed by atoms with E-state index in [-0.39, 0.29) is 17.4 Å². The number of unbranched alkanes of at least 4 members (excludes halogenated alkanes) is 7. The van der Waals surface area contributed by atoms with E-state index in [1.165, 1.54) is 57.1 Å². The summed E-state index contributed by atoms with van der Waals surface area (Å²) >= 11 is 0. The second kappa shape index (κ2) is 17.2. The number of carbonyl (C=O) groups excluding carboxylic acids is 2. The molecule has 0 aliphatic heterocycles. The minimum absolute atomic E-state index is 0.0122. The summed E-state index contributed by atoms with van der Waals surface area (Å²) in [7, 11) is 0. The molecule has 0 amide bonds. The molecule has 0 aliphatic carbocycles. The molecule has 6 heteroatoms. The van der Waals surface area contributed by atoms with E-state index in [0.717, 1.165) is 36.0 Å². The summed E-state index contributed by atoms with van der Waals surface area (Å²) in [5.41, 5.74) is 2.09. The zero-order chi connectivity index (χ0) is 29.5. The molecule has 0 saturated carbocycles. The molecular weight excluding hydrogens is 519 g/mol. The summed E-state index contributed by atoms with van der Waals surface area (Å²) in [6, 6.07) is 18.6. The van der Waals surface area contributed by atoms with Crippen molar-refractivity contribution in [2.24, 2.45) is 0 Å². The lowest BCUT2D eigenvalue weighted by Gasteiger charge is -2.14. The normalized spacial score (nSPS) is 11.0. The fourth-order valence-corrected chi connectivity index (χ4v) is 4.53. The molecule has 0 aromatic heterocycles. The van der Waals surface area contributed by atoms with Gasteiger partial charge in [0, 0.05) is 6.07 Å². The number of esters is 2. The van der Waals surface area contributed by atoms with Crippen LogP contribution in [0.5, 0.6) is 11.5 Å². The van der Waals surface area contributed by atoms with Gasteiger partial charge in [0.05, 0.1) is 17.7 Å². The van der Waals surface area contributed by atoms with E-state index in [2.05, 4.69) is 6.92 Å². The molecular formula is C35H43FO5. The summed E-state index contributed by atoms with van der Waals surface area (Å²) in [5, 5.41) is 0. The van der Waals surface area contributed by atoms with E-state index in [0.29, 0.717) is 18.4 Å². The molecule has 0 saturated heterocycles. The van der Waals surface area contributed by atoms with Crippen molar-refractivity contribution in [2.75, 3.05) is 6.61 Å². The van der Waals surface area contributed by atoms with Gasteiger partial charge in [-0.1, -0.05) is 90.0 Å². The van der Waals surface area contributed by atoms with E-state index < -0.39 is 17.8 Å². The monoisotopic (exact) mass is 562 g/mol. The smallest absolute Gasteiger partial charge is 0.343 e. The topological polar surface area (TPSA) is 61.8 Å². The summed E-state index contributed by atoms with van der Waals surface area (Å²) in [6.45, 7) is 6.76. The maximum Gasteiger partial charge on any atom is 0.343 e. The van der Waals surface area contributed by atoms with Crippen molar-refractivity contribution in [3.8, 4) is 22.6 Å². The van der Waals surface area contributed by atoms with E-state index in [9.17, 15) is 14.0 Å². The van der Waals surface area contributed by atoms with Gasteiger partial charge in [-0.15, -0.1) is 0 Å². The second-order valence-electron chi connectivity index (χ2n) is 10.3. The van der Waals surface area contributed by atoms with Gasteiger partial charge in [-0.2, -0.15) is 0 Å². The highest BCUT2D eigenvalue weighted by Crippen LogP contribution is 2.24. The van der Waals surface area contributed by atoms with Gasteiger partial charge in [0.1, 0.15) is 23.4 Å². The van der Waals surface area contributed by atoms with E-state index in [1.807, 2.05) is 50.2 Å². The minimum atomic E-state index is -0.799. The molecule has 0 heterocycles. The zero-order valence-corrected chi connectivity index (χ0v) is 24.6. The molecule has 3 rings (SSSR count). The number of carbonyl (C=O) groups is 2. The van der Waals surface area contributed by atoms with Crippen LogP contribution in [0.25, 0.3) is 11.1 Å². The van der Waals surface area contributed by atoms with Crippen LogP contribution in [0.4, 0.5) is 4.39 Å². The Morgan fingerprint density at radius 2 is 1.24 bits per heavy atom. The molecule has 0 N–H and O–H groups in total. The average molecular weight is 563 g/mol. The first-order valence-electron chi connectivity index (χ1n) is 15.0. The van der Waals surface area contributed by atoms with Crippen LogP contribution < -0.4 is 9.47 Å². The highest BCUT2D eigenvalue weighted by Gasteiger charge is 2.18. The Hall–Kier alpha value is -3.67. The Balaban J connectivity index is 1.47. The predicted octanol–water partition coefficient (Wildman–Crippen LogP) is 9.58. The van der Waals surface area contributed by atoms with Crippen molar-refractivity contribution in [3.63, 3.8) is 0 Å². The van der Waals surface area contributed by atoms with Gasteiger partial charge in [-0.05, 0) is 66.8 Å². The van der Waals surface area contributed by atoms with Crippen LogP contribution in [-0.2, 0) is 4.74 Å². The van der Waals surface area contributed by atoms with E-state index in [4.69, 9.17) is 14.2 Å². The molecule has 41 heavy (non-hydrogen) atoms. The number of ether oxygens (including phenoxy) is 3. The van der Waals surface area contributed by atoms with Crippen LogP contribution >= 0.6 is 0 Å². The van der Waals surface area contributed by atoms with Crippen molar-refractivity contribution in [1.82, 2.24) is 0 Å². The fraction of sp³-hybridized carbons (Fsp3) is 0.429. The molecule has 220 valence electrons. The molecule has 0 fully saturated rings. The molecule has 0 spiro atoms. The predicted molar refractivity (Wildman–Crippen MR) is 161 cm³/mol. The van der Waals surface area contributed by atoms with Crippen LogP contribution in [0, 0.1) is 5.82 Å². The summed E-state index contributed by atoms with van der Waals surface area (Å²) in [5.74, 6) is -1.29. The fourth-order valence-electron chi connectivity index (χ4n) is 4.53. The van der Waals surface area contributed by atoms with Gasteiger partial charge in [0.25, 0.3) is 0 Å². The van der Waals surface area contributed by atoms with Crippen LogP contribution in [0.3, 0.4) is 0 Å². The van der Waals surface area contributed by atoms with Crippen LogP contribution in [0.1, 0.15) is 106 Å². The standard InChI is InChI=1S/C35H43FO5/c1-4-7-8-9-10-11-12-13-24-39-30-20-18-27(19-21-30)26-14-16-28(17-15-26)34(37)41-31-22-23-32(33(36)25-31)35(38)40-29(5-2)6-3/h14-23,25,29H,4-13,24H2,1-3H3. The number of rotatable bonds is 17. The van der Waals surface area contributed by atoms with E-state index in [1.54, 1.807) is 12.1 Å². The molecule has 3 aromatic rings. The number of hydrogen-bond donors (Lipinski definition) is 0. The van der Waals surface area contributed by atoms with Crippen molar-refractivity contribution in [1.29, 1.82) is 0 Å². The molecule has 0 radical (unpaired) electrons. The van der Waals surface area contributed by atoms with Gasteiger partial charge in [-0.25, -0.2) is 14.0 Å². The van der Waals surface area contributed by atoms with Gasteiger partial charge >= 0.3 is 11.9 Å². The minimum Gasteiger partial charge on any atom is -0.494 e. The molecule has 0 unspecified atom stereocenters. The van der Waals surface area contributed by atoms with Crippen LogP contribution in [-0.4, -0.2) is 24.6 Å². The van der Waals surface area contributed by atoms with Crippen LogP contribution in [0.15, 0.2) is 66.7 Å². The highest BCUT2D eigenvalue weighted by atomic mass is 19.1. The zero-order valence-electron chi connectivity index (χ0n) is 24.6. The lowest BCUT2D eigenvalue weighted by Crippen LogP contribution is -2.17. The first-order valence-corrected chi connectivity index (χ1v) is 15.0. The Kier molecular flexibility index (Phi) is 13.4. The maximum atomic E-state index is 14.5. The Morgan fingerprint density at radius 1 is 0.683 bits per heavy atom. The number of hydrogen-bond acceptors (Lipinski definition) is 5. The summed E-state index contributed by atoms with van der Waals surface area (Å²) < 4.78 is 31.1. The van der Waals surface area contributed by atoms with Gasteiger partial charge in [0.2, 0.25) is 0 Å². The van der Waals surface area contributed by atoms with Gasteiger partial charge in [-0.3, -0.25) is 0 Å². The highest BCUT2D eigenvalue weighted by molar-refractivity contribution is 5.92. The Bertz CT molecular complexity index is 1220. The third kappa shape index (κ3) is 10.3. The first-order chi connectivity index (χ1) is 19.9. The Labute approximate surface area is 244 Å². The molecule has 0 aliphatic rings. The molecule has 5 nitrogen and oxygen atoms in total. The molecule has 0 atom stereocenters. The molecule has 3 aromatic carbocycles.